The number of nitrogens with one attached hydrogen (secondary N) is 1. The molecule has 1 saturated heterocycles. The first kappa shape index (κ1) is 19.3. The number of carbonyl (C=O) groups excluding carboxylic acids is 2. The summed E-state index contributed by atoms with van der Waals surface area (Å²) in [6.07, 6.45) is 12.0. The van der Waals surface area contributed by atoms with E-state index in [4.69, 9.17) is 0 Å². The van der Waals surface area contributed by atoms with Crippen LogP contribution in [0.15, 0.2) is 17.6 Å². The second kappa shape index (κ2) is 9.44. The Bertz CT molecular complexity index is 610. The SMILES string of the molecule is Cn1ccnc1SCCNC(=O)C1CCC(=O)N(C2CCCCCC2)C1. The smallest absolute Gasteiger partial charge is 0.224 e. The number of thioether (sulfide) groups is 1. The van der Waals surface area contributed by atoms with Gasteiger partial charge in [-0.3, -0.25) is 9.59 Å². The summed E-state index contributed by atoms with van der Waals surface area (Å²) in [5.74, 6) is 1.08. The van der Waals surface area contributed by atoms with E-state index in [1.54, 1.807) is 18.0 Å². The zero-order chi connectivity index (χ0) is 18.4. The van der Waals surface area contributed by atoms with Gasteiger partial charge in [0.2, 0.25) is 11.8 Å². The maximum absolute atomic E-state index is 12.6. The Hall–Kier alpha value is -1.50. The molecule has 1 unspecified atom stereocenters. The summed E-state index contributed by atoms with van der Waals surface area (Å²) in [6.45, 7) is 1.23. The quantitative estimate of drug-likeness (QED) is 0.469. The van der Waals surface area contributed by atoms with Gasteiger partial charge in [-0.2, -0.15) is 0 Å². The predicted octanol–water partition coefficient (Wildman–Crippen LogP) is 2.59. The maximum Gasteiger partial charge on any atom is 0.224 e. The van der Waals surface area contributed by atoms with Gasteiger partial charge in [-0.25, -0.2) is 4.98 Å². The van der Waals surface area contributed by atoms with Crippen molar-refractivity contribution in [3.8, 4) is 0 Å². The Morgan fingerprint density at radius 3 is 2.73 bits per heavy atom. The number of likely N-dealkylation sites (tertiary alicyclic amines) is 1. The van der Waals surface area contributed by atoms with Crippen LogP contribution in [-0.2, 0) is 16.6 Å². The highest BCUT2D eigenvalue weighted by atomic mass is 32.2. The Kier molecular flexibility index (Phi) is 7.00. The minimum atomic E-state index is -0.0610. The van der Waals surface area contributed by atoms with Crippen LogP contribution in [0.5, 0.6) is 0 Å². The van der Waals surface area contributed by atoms with Gasteiger partial charge < -0.3 is 14.8 Å². The number of hydrogen-bond donors (Lipinski definition) is 1. The lowest BCUT2D eigenvalue weighted by molar-refractivity contribution is -0.141. The van der Waals surface area contributed by atoms with Gasteiger partial charge in [0.15, 0.2) is 5.16 Å². The molecular weight excluding hydrogens is 348 g/mol. The molecule has 2 amide bonds. The third kappa shape index (κ3) is 5.02. The van der Waals surface area contributed by atoms with Crippen molar-refractivity contribution in [2.75, 3.05) is 18.8 Å². The monoisotopic (exact) mass is 378 g/mol. The molecule has 1 aromatic heterocycles. The summed E-state index contributed by atoms with van der Waals surface area (Å²) in [4.78, 5) is 31.2. The summed E-state index contributed by atoms with van der Waals surface area (Å²) in [5.41, 5.74) is 0. The van der Waals surface area contributed by atoms with Crippen LogP contribution in [0.2, 0.25) is 0 Å². The molecule has 2 aliphatic rings. The van der Waals surface area contributed by atoms with Gasteiger partial charge in [0.25, 0.3) is 0 Å². The lowest BCUT2D eigenvalue weighted by atomic mass is 9.93. The molecule has 1 aliphatic carbocycles. The zero-order valence-corrected chi connectivity index (χ0v) is 16.5. The molecule has 1 aliphatic heterocycles. The average Bonchev–Trinajstić information content (AvgIpc) is 2.88. The number of imidazole rings is 1. The number of aryl methyl sites for hydroxylation is 1. The second-order valence-corrected chi connectivity index (χ2v) is 8.45. The molecule has 6 nitrogen and oxygen atoms in total. The summed E-state index contributed by atoms with van der Waals surface area (Å²) in [5, 5.41) is 4.01. The van der Waals surface area contributed by atoms with Crippen molar-refractivity contribution in [2.45, 2.75) is 62.6 Å². The van der Waals surface area contributed by atoms with Gasteiger partial charge in [-0.05, 0) is 19.3 Å². The van der Waals surface area contributed by atoms with Gasteiger partial charge in [-0.15, -0.1) is 0 Å². The fraction of sp³-hybridized carbons (Fsp3) is 0.737. The molecule has 0 spiro atoms. The highest BCUT2D eigenvalue weighted by molar-refractivity contribution is 7.99. The summed E-state index contributed by atoms with van der Waals surface area (Å²) in [7, 11) is 1.97. The van der Waals surface area contributed by atoms with E-state index in [9.17, 15) is 9.59 Å². The second-order valence-electron chi connectivity index (χ2n) is 7.39. The van der Waals surface area contributed by atoms with Gasteiger partial charge in [0.1, 0.15) is 0 Å². The number of piperidine rings is 1. The highest BCUT2D eigenvalue weighted by Gasteiger charge is 2.34. The summed E-state index contributed by atoms with van der Waals surface area (Å²) in [6, 6.07) is 0.347. The molecule has 144 valence electrons. The van der Waals surface area contributed by atoms with Crippen LogP contribution in [0, 0.1) is 5.92 Å². The van der Waals surface area contributed by atoms with E-state index in [1.165, 1.54) is 25.7 Å². The topological polar surface area (TPSA) is 67.2 Å². The molecule has 2 fully saturated rings. The van der Waals surface area contributed by atoms with Crippen LogP contribution in [-0.4, -0.2) is 51.1 Å². The standard InChI is InChI=1S/C19H30N4O2S/c1-22-12-10-21-19(22)26-13-11-20-18(25)15-8-9-17(24)23(14-15)16-6-4-2-3-5-7-16/h10,12,15-16H,2-9,11,13-14H2,1H3,(H,20,25). The number of nitrogens with zero attached hydrogens (tertiary/aromatic N) is 3. The third-order valence-electron chi connectivity index (χ3n) is 5.49. The minimum Gasteiger partial charge on any atom is -0.355 e. The van der Waals surface area contributed by atoms with Gasteiger partial charge in [-0.1, -0.05) is 37.4 Å². The molecule has 1 atom stereocenters. The van der Waals surface area contributed by atoms with E-state index >= 15 is 0 Å². The van der Waals surface area contributed by atoms with E-state index in [2.05, 4.69) is 10.3 Å². The van der Waals surface area contributed by atoms with E-state index in [0.717, 1.165) is 23.8 Å². The lowest BCUT2D eigenvalue weighted by Crippen LogP contribution is -2.50. The van der Waals surface area contributed by atoms with Crippen molar-refractivity contribution in [1.82, 2.24) is 19.8 Å². The Morgan fingerprint density at radius 2 is 2.04 bits per heavy atom. The molecule has 7 heteroatoms. The Morgan fingerprint density at radius 1 is 1.27 bits per heavy atom. The fourth-order valence-electron chi connectivity index (χ4n) is 3.96. The van der Waals surface area contributed by atoms with E-state index in [-0.39, 0.29) is 17.7 Å². The van der Waals surface area contributed by atoms with Crippen molar-refractivity contribution in [3.05, 3.63) is 12.4 Å². The van der Waals surface area contributed by atoms with Crippen molar-refractivity contribution in [1.29, 1.82) is 0 Å². The lowest BCUT2D eigenvalue weighted by Gasteiger charge is -2.37. The highest BCUT2D eigenvalue weighted by Crippen LogP contribution is 2.27. The number of aromatic nitrogens is 2. The molecular formula is C19H30N4O2S. The molecule has 26 heavy (non-hydrogen) atoms. The van der Waals surface area contributed by atoms with Crippen molar-refractivity contribution in [3.63, 3.8) is 0 Å². The Labute approximate surface area is 160 Å². The average molecular weight is 379 g/mol. The Balaban J connectivity index is 1.44. The van der Waals surface area contributed by atoms with E-state index in [1.807, 2.05) is 22.7 Å². The summed E-state index contributed by atoms with van der Waals surface area (Å²) >= 11 is 1.64. The first-order valence-electron chi connectivity index (χ1n) is 9.82. The fourth-order valence-corrected chi connectivity index (χ4v) is 4.75. The van der Waals surface area contributed by atoms with Crippen LogP contribution < -0.4 is 5.32 Å². The maximum atomic E-state index is 12.6. The predicted molar refractivity (Wildman–Crippen MR) is 103 cm³/mol. The van der Waals surface area contributed by atoms with Crippen molar-refractivity contribution in [2.24, 2.45) is 13.0 Å². The first-order chi connectivity index (χ1) is 12.6. The van der Waals surface area contributed by atoms with Crippen LogP contribution >= 0.6 is 11.8 Å². The number of rotatable bonds is 6. The number of carbonyl (C=O) groups is 2. The zero-order valence-electron chi connectivity index (χ0n) is 15.7. The van der Waals surface area contributed by atoms with Gasteiger partial charge >= 0.3 is 0 Å². The normalized spacial score (nSPS) is 22.3. The third-order valence-corrected chi connectivity index (χ3v) is 6.55. The molecule has 1 N–H and O–H groups in total. The van der Waals surface area contributed by atoms with Crippen molar-refractivity contribution >= 4 is 23.6 Å². The van der Waals surface area contributed by atoms with E-state index < -0.39 is 0 Å². The largest absolute Gasteiger partial charge is 0.355 e. The minimum absolute atomic E-state index is 0.0610. The molecule has 0 bridgehead atoms. The van der Waals surface area contributed by atoms with Crippen LogP contribution in [0.4, 0.5) is 0 Å². The first-order valence-corrected chi connectivity index (χ1v) is 10.8. The van der Waals surface area contributed by atoms with Crippen LogP contribution in [0.3, 0.4) is 0 Å². The molecule has 2 heterocycles. The summed E-state index contributed by atoms with van der Waals surface area (Å²) < 4.78 is 1.98. The van der Waals surface area contributed by atoms with Crippen molar-refractivity contribution < 1.29 is 9.59 Å². The molecule has 1 aromatic rings. The molecule has 3 rings (SSSR count). The molecule has 1 saturated carbocycles. The van der Waals surface area contributed by atoms with Gasteiger partial charge in [0.05, 0.1) is 5.92 Å². The van der Waals surface area contributed by atoms with E-state index in [0.29, 0.717) is 32.0 Å². The van der Waals surface area contributed by atoms with Crippen LogP contribution in [0.1, 0.15) is 51.4 Å². The number of amides is 2. The van der Waals surface area contributed by atoms with Gasteiger partial charge in [0, 0.05) is 50.7 Å². The molecule has 0 aromatic carbocycles. The van der Waals surface area contributed by atoms with Crippen LogP contribution in [0.25, 0.3) is 0 Å². The molecule has 0 radical (unpaired) electrons. The number of hydrogen-bond acceptors (Lipinski definition) is 4.